The van der Waals surface area contributed by atoms with Gasteiger partial charge in [0.05, 0.1) is 0 Å². The van der Waals surface area contributed by atoms with Gasteiger partial charge < -0.3 is 5.32 Å². The van der Waals surface area contributed by atoms with Crippen LogP contribution in [0.2, 0.25) is 0 Å². The van der Waals surface area contributed by atoms with E-state index in [2.05, 4.69) is 35.8 Å². The average molecular weight is 214 g/mol. The van der Waals surface area contributed by atoms with E-state index in [0.29, 0.717) is 0 Å². The molecule has 3 unspecified atom stereocenters. The molecule has 2 rings (SSSR count). The van der Waals surface area contributed by atoms with Crippen molar-refractivity contribution >= 4 is 11.8 Å². The SMILES string of the molecule is CC1CNCCC1N1CCSCC1C. The fourth-order valence-electron chi connectivity index (χ4n) is 2.73. The van der Waals surface area contributed by atoms with Gasteiger partial charge in [-0.1, -0.05) is 6.92 Å². The molecule has 0 amide bonds. The van der Waals surface area contributed by atoms with E-state index in [9.17, 15) is 0 Å². The first kappa shape index (κ1) is 10.8. The summed E-state index contributed by atoms with van der Waals surface area (Å²) in [7, 11) is 0. The van der Waals surface area contributed by atoms with Crippen molar-refractivity contribution in [2.75, 3.05) is 31.1 Å². The number of piperidine rings is 1. The van der Waals surface area contributed by atoms with Gasteiger partial charge in [-0.25, -0.2) is 0 Å². The van der Waals surface area contributed by atoms with Gasteiger partial charge in [-0.2, -0.15) is 11.8 Å². The van der Waals surface area contributed by atoms with Gasteiger partial charge in [0.25, 0.3) is 0 Å². The molecule has 0 radical (unpaired) electrons. The molecule has 2 heterocycles. The lowest BCUT2D eigenvalue weighted by Crippen LogP contribution is -2.54. The maximum absolute atomic E-state index is 3.49. The lowest BCUT2D eigenvalue weighted by Gasteiger charge is -2.44. The van der Waals surface area contributed by atoms with Gasteiger partial charge in [-0.15, -0.1) is 0 Å². The molecule has 82 valence electrons. The standard InChI is InChI=1S/C11H22N2S/c1-9-7-12-4-3-11(9)13-5-6-14-8-10(13)2/h9-12H,3-8H2,1-2H3. The van der Waals surface area contributed by atoms with Crippen molar-refractivity contribution in [1.29, 1.82) is 0 Å². The highest BCUT2D eigenvalue weighted by atomic mass is 32.2. The Morgan fingerprint density at radius 3 is 2.93 bits per heavy atom. The Morgan fingerprint density at radius 2 is 2.21 bits per heavy atom. The minimum absolute atomic E-state index is 0.791. The third-order valence-corrected chi connectivity index (χ3v) is 4.77. The molecule has 0 aromatic rings. The van der Waals surface area contributed by atoms with Crippen LogP contribution in [0.3, 0.4) is 0 Å². The quantitative estimate of drug-likeness (QED) is 0.711. The van der Waals surface area contributed by atoms with Crippen molar-refractivity contribution in [3.63, 3.8) is 0 Å². The zero-order valence-electron chi connectivity index (χ0n) is 9.33. The lowest BCUT2D eigenvalue weighted by atomic mass is 9.92. The molecule has 1 N–H and O–H groups in total. The van der Waals surface area contributed by atoms with E-state index in [0.717, 1.165) is 18.0 Å². The summed E-state index contributed by atoms with van der Waals surface area (Å²) in [5.74, 6) is 3.49. The minimum atomic E-state index is 0.791. The van der Waals surface area contributed by atoms with Crippen LogP contribution < -0.4 is 5.32 Å². The van der Waals surface area contributed by atoms with Crippen molar-refractivity contribution in [2.24, 2.45) is 5.92 Å². The molecule has 2 nitrogen and oxygen atoms in total. The number of nitrogens with zero attached hydrogens (tertiary/aromatic N) is 1. The first-order valence-electron chi connectivity index (χ1n) is 5.83. The summed E-state index contributed by atoms with van der Waals surface area (Å²) in [4.78, 5) is 2.75. The molecule has 2 aliphatic heterocycles. The normalized spacial score (nSPS) is 41.1. The van der Waals surface area contributed by atoms with Crippen LogP contribution in [0.1, 0.15) is 20.3 Å². The molecule has 2 fully saturated rings. The Morgan fingerprint density at radius 1 is 1.36 bits per heavy atom. The molecular formula is C11H22N2S. The van der Waals surface area contributed by atoms with E-state index >= 15 is 0 Å². The van der Waals surface area contributed by atoms with Crippen LogP contribution >= 0.6 is 11.8 Å². The highest BCUT2D eigenvalue weighted by Crippen LogP contribution is 2.25. The third kappa shape index (κ3) is 2.26. The Labute approximate surface area is 91.8 Å². The summed E-state index contributed by atoms with van der Waals surface area (Å²) in [6.45, 7) is 8.51. The maximum atomic E-state index is 3.49. The van der Waals surface area contributed by atoms with Crippen molar-refractivity contribution in [3.05, 3.63) is 0 Å². The van der Waals surface area contributed by atoms with Crippen molar-refractivity contribution < 1.29 is 0 Å². The zero-order valence-corrected chi connectivity index (χ0v) is 10.1. The summed E-state index contributed by atoms with van der Waals surface area (Å²) >= 11 is 2.11. The van der Waals surface area contributed by atoms with Crippen LogP contribution in [-0.4, -0.2) is 48.1 Å². The summed E-state index contributed by atoms with van der Waals surface area (Å²) in [5.41, 5.74) is 0. The number of rotatable bonds is 1. The van der Waals surface area contributed by atoms with Gasteiger partial charge >= 0.3 is 0 Å². The summed E-state index contributed by atoms with van der Waals surface area (Å²) in [5, 5.41) is 3.49. The number of hydrogen-bond donors (Lipinski definition) is 1. The molecule has 0 saturated carbocycles. The molecule has 3 heteroatoms. The largest absolute Gasteiger partial charge is 0.316 e. The molecule has 0 aliphatic carbocycles. The summed E-state index contributed by atoms with van der Waals surface area (Å²) in [6, 6.07) is 1.63. The van der Waals surface area contributed by atoms with Crippen LogP contribution in [0.5, 0.6) is 0 Å². The molecule has 2 aliphatic rings. The average Bonchev–Trinajstić information content (AvgIpc) is 2.20. The number of thioether (sulfide) groups is 1. The molecule has 3 atom stereocenters. The lowest BCUT2D eigenvalue weighted by molar-refractivity contribution is 0.0951. The second-order valence-electron chi connectivity index (χ2n) is 4.70. The molecule has 0 bridgehead atoms. The maximum Gasteiger partial charge on any atom is 0.0161 e. The van der Waals surface area contributed by atoms with Gasteiger partial charge in [-0.05, 0) is 32.4 Å². The predicted molar refractivity (Wildman–Crippen MR) is 63.9 cm³/mol. The van der Waals surface area contributed by atoms with E-state index < -0.39 is 0 Å². The molecule has 0 aromatic heterocycles. The Balaban J connectivity index is 1.96. The highest BCUT2D eigenvalue weighted by molar-refractivity contribution is 7.99. The van der Waals surface area contributed by atoms with E-state index in [1.165, 1.54) is 37.6 Å². The van der Waals surface area contributed by atoms with Gasteiger partial charge in [0, 0.05) is 30.1 Å². The van der Waals surface area contributed by atoms with Crippen LogP contribution in [0.25, 0.3) is 0 Å². The fraction of sp³-hybridized carbons (Fsp3) is 1.00. The van der Waals surface area contributed by atoms with Crippen LogP contribution in [0.15, 0.2) is 0 Å². The molecule has 14 heavy (non-hydrogen) atoms. The van der Waals surface area contributed by atoms with Crippen molar-refractivity contribution in [3.8, 4) is 0 Å². The molecule has 2 saturated heterocycles. The van der Waals surface area contributed by atoms with Crippen LogP contribution in [0, 0.1) is 5.92 Å². The Bertz CT molecular complexity index is 166. The summed E-state index contributed by atoms with van der Waals surface area (Å²) in [6.07, 6.45) is 1.34. The van der Waals surface area contributed by atoms with Gasteiger partial charge in [0.1, 0.15) is 0 Å². The van der Waals surface area contributed by atoms with Crippen LogP contribution in [-0.2, 0) is 0 Å². The second kappa shape index (κ2) is 4.86. The predicted octanol–water partition coefficient (Wildman–Crippen LogP) is 1.42. The Kier molecular flexibility index (Phi) is 3.74. The minimum Gasteiger partial charge on any atom is -0.316 e. The second-order valence-corrected chi connectivity index (χ2v) is 5.85. The number of nitrogens with one attached hydrogen (secondary N) is 1. The smallest absolute Gasteiger partial charge is 0.0161 e. The van der Waals surface area contributed by atoms with Gasteiger partial charge in [-0.3, -0.25) is 4.90 Å². The third-order valence-electron chi connectivity index (χ3n) is 3.59. The van der Waals surface area contributed by atoms with E-state index in [1.807, 2.05) is 0 Å². The van der Waals surface area contributed by atoms with E-state index in [-0.39, 0.29) is 0 Å². The first-order valence-corrected chi connectivity index (χ1v) is 6.98. The summed E-state index contributed by atoms with van der Waals surface area (Å²) < 4.78 is 0. The van der Waals surface area contributed by atoms with Crippen LogP contribution in [0.4, 0.5) is 0 Å². The zero-order chi connectivity index (χ0) is 9.97. The van der Waals surface area contributed by atoms with Crippen molar-refractivity contribution in [2.45, 2.75) is 32.4 Å². The Hall–Kier alpha value is 0.270. The van der Waals surface area contributed by atoms with Gasteiger partial charge in [0.15, 0.2) is 0 Å². The number of hydrogen-bond acceptors (Lipinski definition) is 3. The molecule has 0 spiro atoms. The van der Waals surface area contributed by atoms with Crippen molar-refractivity contribution in [1.82, 2.24) is 10.2 Å². The highest BCUT2D eigenvalue weighted by Gasteiger charge is 2.31. The molecular weight excluding hydrogens is 192 g/mol. The first-order chi connectivity index (χ1) is 6.79. The van der Waals surface area contributed by atoms with Gasteiger partial charge in [0.2, 0.25) is 0 Å². The van der Waals surface area contributed by atoms with E-state index in [1.54, 1.807) is 0 Å². The van der Waals surface area contributed by atoms with E-state index in [4.69, 9.17) is 0 Å². The fourth-order valence-corrected chi connectivity index (χ4v) is 3.76. The topological polar surface area (TPSA) is 15.3 Å². The monoisotopic (exact) mass is 214 g/mol. The molecule has 0 aromatic carbocycles.